The second kappa shape index (κ2) is 5.53. The Balaban J connectivity index is 1.90. The molecular formula is C13H11N5O3. The highest BCUT2D eigenvalue weighted by atomic mass is 16.5. The molecule has 2 N–H and O–H groups in total. The second-order valence-corrected chi connectivity index (χ2v) is 4.27. The predicted octanol–water partition coefficient (Wildman–Crippen LogP) is 1.37. The van der Waals surface area contributed by atoms with Crippen LogP contribution in [0.1, 0.15) is 16.3 Å². The average molecular weight is 285 g/mol. The lowest BCUT2D eigenvalue weighted by Gasteiger charge is -2.10. The number of benzene rings is 1. The first kappa shape index (κ1) is 13.0. The Labute approximate surface area is 118 Å². The van der Waals surface area contributed by atoms with Gasteiger partial charge in [-0.1, -0.05) is 23.4 Å². The maximum Gasteiger partial charge on any atom is 0.358 e. The Morgan fingerprint density at radius 1 is 1.29 bits per heavy atom. The summed E-state index contributed by atoms with van der Waals surface area (Å²) in [5, 5.41) is 24.4. The van der Waals surface area contributed by atoms with Crippen molar-refractivity contribution in [2.75, 3.05) is 11.9 Å². The molecule has 21 heavy (non-hydrogen) atoms. The smallest absolute Gasteiger partial charge is 0.358 e. The Bertz CT molecular complexity index is 773. The average Bonchev–Trinajstić information content (AvgIpc) is 3.00. The number of carboxylic acids is 1. The molecule has 0 atom stereocenters. The molecule has 0 aliphatic heterocycles. The van der Waals surface area contributed by atoms with Crippen LogP contribution >= 0.6 is 0 Å². The minimum atomic E-state index is -1.13. The number of hydrogen-bond donors (Lipinski definition) is 2. The zero-order chi connectivity index (χ0) is 14.7. The third-order valence-electron chi connectivity index (χ3n) is 2.93. The van der Waals surface area contributed by atoms with E-state index in [0.29, 0.717) is 35.4 Å². The fourth-order valence-electron chi connectivity index (χ4n) is 1.98. The Kier molecular flexibility index (Phi) is 3.42. The third kappa shape index (κ3) is 2.64. The number of nitrogens with zero attached hydrogens (tertiary/aromatic N) is 4. The molecule has 0 radical (unpaired) electrons. The van der Waals surface area contributed by atoms with Gasteiger partial charge in [0.25, 0.3) is 0 Å². The monoisotopic (exact) mass is 285 g/mol. The summed E-state index contributed by atoms with van der Waals surface area (Å²) in [5.74, 6) is -0.582. The van der Waals surface area contributed by atoms with Crippen molar-refractivity contribution in [3.05, 3.63) is 42.2 Å². The number of carbonyl (C=O) groups is 1. The van der Waals surface area contributed by atoms with Gasteiger partial charge in [-0.25, -0.2) is 4.79 Å². The Hall–Kier alpha value is -3.03. The number of carboxylic acid groups (broad SMARTS) is 1. The van der Waals surface area contributed by atoms with Crippen LogP contribution in [-0.4, -0.2) is 38.0 Å². The first-order chi connectivity index (χ1) is 10.3. The summed E-state index contributed by atoms with van der Waals surface area (Å²) in [6, 6.07) is 7.21. The van der Waals surface area contributed by atoms with Gasteiger partial charge in [0.1, 0.15) is 0 Å². The standard InChI is InChI=1S/C13H11N5O3/c19-13(20)12-11(14-6-5-10-15-7-21-18-10)8-3-1-2-4-9(8)16-17-12/h1-4,7H,5-6H2,(H,14,16)(H,19,20). The summed E-state index contributed by atoms with van der Waals surface area (Å²) in [4.78, 5) is 15.2. The Morgan fingerprint density at radius 2 is 2.14 bits per heavy atom. The lowest BCUT2D eigenvalue weighted by molar-refractivity contribution is 0.0690. The molecule has 8 heteroatoms. The zero-order valence-electron chi connectivity index (χ0n) is 10.9. The molecule has 0 amide bonds. The molecule has 0 saturated heterocycles. The van der Waals surface area contributed by atoms with Crippen LogP contribution in [0.25, 0.3) is 10.9 Å². The maximum absolute atomic E-state index is 11.3. The molecule has 3 rings (SSSR count). The van der Waals surface area contributed by atoms with Crippen molar-refractivity contribution in [3.8, 4) is 0 Å². The van der Waals surface area contributed by atoms with Crippen LogP contribution in [0.5, 0.6) is 0 Å². The summed E-state index contributed by atoms with van der Waals surface area (Å²) in [5.41, 5.74) is 0.961. The van der Waals surface area contributed by atoms with E-state index >= 15 is 0 Å². The first-order valence-electron chi connectivity index (χ1n) is 6.23. The number of aromatic carboxylic acids is 1. The number of hydrogen-bond acceptors (Lipinski definition) is 7. The largest absolute Gasteiger partial charge is 0.476 e. The van der Waals surface area contributed by atoms with Crippen LogP contribution in [0.15, 0.2) is 35.2 Å². The highest BCUT2D eigenvalue weighted by Gasteiger charge is 2.16. The van der Waals surface area contributed by atoms with Gasteiger partial charge in [0, 0.05) is 18.4 Å². The van der Waals surface area contributed by atoms with E-state index in [1.165, 1.54) is 6.39 Å². The fourth-order valence-corrected chi connectivity index (χ4v) is 1.98. The molecule has 2 aromatic heterocycles. The van der Waals surface area contributed by atoms with Crippen molar-refractivity contribution >= 4 is 22.6 Å². The van der Waals surface area contributed by atoms with Gasteiger partial charge in [-0.2, -0.15) is 4.98 Å². The van der Waals surface area contributed by atoms with E-state index in [9.17, 15) is 9.90 Å². The van der Waals surface area contributed by atoms with Gasteiger partial charge in [-0.05, 0) is 6.07 Å². The minimum absolute atomic E-state index is 0.109. The summed E-state index contributed by atoms with van der Waals surface area (Å²) in [6.45, 7) is 0.454. The van der Waals surface area contributed by atoms with Crippen LogP contribution < -0.4 is 5.32 Å². The van der Waals surface area contributed by atoms with Gasteiger partial charge in [0.05, 0.1) is 11.2 Å². The lowest BCUT2D eigenvalue weighted by atomic mass is 10.1. The van der Waals surface area contributed by atoms with Gasteiger partial charge < -0.3 is 14.9 Å². The van der Waals surface area contributed by atoms with Crippen molar-refractivity contribution in [1.82, 2.24) is 20.3 Å². The van der Waals surface area contributed by atoms with Crippen LogP contribution in [0.4, 0.5) is 5.69 Å². The van der Waals surface area contributed by atoms with Crippen LogP contribution in [0.3, 0.4) is 0 Å². The third-order valence-corrected chi connectivity index (χ3v) is 2.93. The van der Waals surface area contributed by atoms with E-state index < -0.39 is 5.97 Å². The molecule has 0 aliphatic carbocycles. The van der Waals surface area contributed by atoms with Crippen molar-refractivity contribution < 1.29 is 14.4 Å². The zero-order valence-corrected chi connectivity index (χ0v) is 10.9. The van der Waals surface area contributed by atoms with E-state index in [1.54, 1.807) is 12.1 Å². The highest BCUT2D eigenvalue weighted by molar-refractivity contribution is 6.02. The molecule has 0 spiro atoms. The SMILES string of the molecule is O=C(O)c1nnc2ccccc2c1NCCc1ncon1. The van der Waals surface area contributed by atoms with Crippen molar-refractivity contribution in [2.24, 2.45) is 0 Å². The summed E-state index contributed by atoms with van der Waals surface area (Å²) in [7, 11) is 0. The van der Waals surface area contributed by atoms with Gasteiger partial charge in [0.2, 0.25) is 6.39 Å². The van der Waals surface area contributed by atoms with Gasteiger partial charge in [-0.3, -0.25) is 0 Å². The molecular weight excluding hydrogens is 274 g/mol. The minimum Gasteiger partial charge on any atom is -0.476 e. The highest BCUT2D eigenvalue weighted by Crippen LogP contribution is 2.24. The molecule has 0 unspecified atom stereocenters. The first-order valence-corrected chi connectivity index (χ1v) is 6.23. The lowest BCUT2D eigenvalue weighted by Crippen LogP contribution is -2.13. The van der Waals surface area contributed by atoms with E-state index in [1.807, 2.05) is 12.1 Å². The fraction of sp³-hybridized carbons (Fsp3) is 0.154. The molecule has 0 aliphatic rings. The predicted molar refractivity (Wildman–Crippen MR) is 73.0 cm³/mol. The second-order valence-electron chi connectivity index (χ2n) is 4.27. The van der Waals surface area contributed by atoms with Crippen LogP contribution in [-0.2, 0) is 6.42 Å². The van der Waals surface area contributed by atoms with Gasteiger partial charge in [0.15, 0.2) is 11.5 Å². The molecule has 0 saturated carbocycles. The topological polar surface area (TPSA) is 114 Å². The molecule has 3 aromatic rings. The van der Waals surface area contributed by atoms with E-state index in [-0.39, 0.29) is 5.69 Å². The number of fused-ring (bicyclic) bond motifs is 1. The molecule has 0 bridgehead atoms. The Morgan fingerprint density at radius 3 is 2.90 bits per heavy atom. The van der Waals surface area contributed by atoms with E-state index in [2.05, 4.69) is 30.2 Å². The summed E-state index contributed by atoms with van der Waals surface area (Å²) >= 11 is 0. The van der Waals surface area contributed by atoms with Crippen molar-refractivity contribution in [2.45, 2.75) is 6.42 Å². The summed E-state index contributed by atoms with van der Waals surface area (Å²) < 4.78 is 4.64. The quantitative estimate of drug-likeness (QED) is 0.722. The maximum atomic E-state index is 11.3. The number of rotatable bonds is 5. The van der Waals surface area contributed by atoms with Crippen LogP contribution in [0, 0.1) is 0 Å². The molecule has 1 aromatic carbocycles. The van der Waals surface area contributed by atoms with Crippen molar-refractivity contribution in [1.29, 1.82) is 0 Å². The number of aromatic nitrogens is 4. The molecule has 2 heterocycles. The number of anilines is 1. The van der Waals surface area contributed by atoms with Crippen LogP contribution in [0.2, 0.25) is 0 Å². The summed E-state index contributed by atoms with van der Waals surface area (Å²) in [6.07, 6.45) is 1.76. The van der Waals surface area contributed by atoms with Gasteiger partial charge in [-0.15, -0.1) is 10.2 Å². The number of nitrogens with one attached hydrogen (secondary N) is 1. The molecule has 0 fully saturated rings. The van der Waals surface area contributed by atoms with E-state index in [0.717, 1.165) is 0 Å². The van der Waals surface area contributed by atoms with Crippen molar-refractivity contribution in [3.63, 3.8) is 0 Å². The molecule has 8 nitrogen and oxygen atoms in total. The normalized spacial score (nSPS) is 10.7. The molecule has 106 valence electrons. The van der Waals surface area contributed by atoms with Gasteiger partial charge >= 0.3 is 5.97 Å². The van der Waals surface area contributed by atoms with E-state index in [4.69, 9.17) is 0 Å².